The molecule has 90 valence electrons. The van der Waals surface area contributed by atoms with Crippen molar-refractivity contribution in [2.45, 2.75) is 45.5 Å². The fourth-order valence-electron chi connectivity index (χ4n) is 1.00. The minimum absolute atomic E-state index is 0.244. The summed E-state index contributed by atoms with van der Waals surface area (Å²) >= 11 is 0. The number of hydrogen-bond donors (Lipinski definition) is 1. The molecule has 0 aliphatic rings. The Morgan fingerprint density at radius 2 is 1.94 bits per heavy atom. The molecule has 0 spiro atoms. The van der Waals surface area contributed by atoms with E-state index < -0.39 is 8.32 Å². The minimum atomic E-state index is -1.66. The van der Waals surface area contributed by atoms with Crippen molar-refractivity contribution < 1.29 is 4.43 Å². The highest BCUT2D eigenvalue weighted by Crippen LogP contribution is 2.36. The predicted molar refractivity (Wildman–Crippen MR) is 70.6 cm³/mol. The highest BCUT2D eigenvalue weighted by atomic mass is 28.4. The highest BCUT2D eigenvalue weighted by Gasteiger charge is 2.36. The Balaban J connectivity index is 2.61. The van der Waals surface area contributed by atoms with Crippen LogP contribution in [0.4, 0.5) is 5.82 Å². The fraction of sp³-hybridized carbons (Fsp3) is 0.583. The monoisotopic (exact) mass is 238 g/mol. The van der Waals surface area contributed by atoms with Crippen LogP contribution in [-0.2, 0) is 11.0 Å². The third-order valence-electron chi connectivity index (χ3n) is 3.25. The summed E-state index contributed by atoms with van der Waals surface area (Å²) in [5.74, 6) is 0.552. The molecular weight excluding hydrogens is 216 g/mol. The predicted octanol–water partition coefficient (Wildman–Crippen LogP) is 3.19. The smallest absolute Gasteiger partial charge is 0.192 e. The molecule has 0 saturated heterocycles. The zero-order valence-corrected chi connectivity index (χ0v) is 11.9. The first-order chi connectivity index (χ1) is 7.22. The van der Waals surface area contributed by atoms with Crippen molar-refractivity contribution in [1.29, 1.82) is 0 Å². The van der Waals surface area contributed by atoms with E-state index in [-0.39, 0.29) is 5.04 Å². The Morgan fingerprint density at radius 1 is 1.31 bits per heavy atom. The standard InChI is InChI=1S/C12H22N2OSi/c1-12(2,3)16(4,5)15-9-10-6-7-11(13)14-8-10/h6-8H,9H2,1-5H3,(H2,13,14). The summed E-state index contributed by atoms with van der Waals surface area (Å²) in [6.45, 7) is 11.8. The van der Waals surface area contributed by atoms with Gasteiger partial charge in [-0.05, 0) is 29.8 Å². The van der Waals surface area contributed by atoms with E-state index in [1.807, 2.05) is 12.1 Å². The van der Waals surface area contributed by atoms with E-state index >= 15 is 0 Å². The second-order valence-corrected chi connectivity index (χ2v) is 10.4. The number of pyridine rings is 1. The second kappa shape index (κ2) is 4.55. The number of nitrogens with two attached hydrogens (primary N) is 1. The molecule has 1 aromatic rings. The van der Waals surface area contributed by atoms with Gasteiger partial charge in [-0.2, -0.15) is 0 Å². The number of nitrogens with zero attached hydrogens (tertiary/aromatic N) is 1. The zero-order chi connectivity index (χ0) is 12.4. The Hall–Kier alpha value is -0.873. The largest absolute Gasteiger partial charge is 0.413 e. The molecule has 0 radical (unpaired) electrons. The van der Waals surface area contributed by atoms with Crippen LogP contribution in [0.5, 0.6) is 0 Å². The summed E-state index contributed by atoms with van der Waals surface area (Å²) < 4.78 is 6.08. The van der Waals surface area contributed by atoms with Gasteiger partial charge in [-0.15, -0.1) is 0 Å². The average molecular weight is 238 g/mol. The lowest BCUT2D eigenvalue weighted by atomic mass is 10.2. The second-order valence-electron chi connectivity index (χ2n) is 5.64. The number of aromatic nitrogens is 1. The van der Waals surface area contributed by atoms with Crippen molar-refractivity contribution in [3.8, 4) is 0 Å². The first-order valence-corrected chi connectivity index (χ1v) is 8.47. The van der Waals surface area contributed by atoms with Gasteiger partial charge in [-0.25, -0.2) is 4.98 Å². The van der Waals surface area contributed by atoms with E-state index in [0.717, 1.165) is 5.56 Å². The van der Waals surface area contributed by atoms with Gasteiger partial charge < -0.3 is 10.2 Å². The molecular formula is C12H22N2OSi. The zero-order valence-electron chi connectivity index (χ0n) is 10.9. The Morgan fingerprint density at radius 3 is 2.38 bits per heavy atom. The Labute approximate surface area is 99.2 Å². The third kappa shape index (κ3) is 3.32. The number of nitrogen functional groups attached to an aromatic ring is 1. The number of rotatable bonds is 3. The van der Waals surface area contributed by atoms with Crippen LogP contribution < -0.4 is 5.73 Å². The molecule has 0 saturated carbocycles. The van der Waals surface area contributed by atoms with Crippen molar-refractivity contribution in [2.75, 3.05) is 5.73 Å². The molecule has 3 nitrogen and oxygen atoms in total. The molecule has 0 unspecified atom stereocenters. The van der Waals surface area contributed by atoms with E-state index in [2.05, 4.69) is 38.8 Å². The molecule has 1 heterocycles. The summed E-state index contributed by atoms with van der Waals surface area (Å²) in [6.07, 6.45) is 1.78. The molecule has 0 fully saturated rings. The van der Waals surface area contributed by atoms with Gasteiger partial charge in [0, 0.05) is 6.20 Å². The summed E-state index contributed by atoms with van der Waals surface area (Å²) in [5, 5.41) is 0.244. The maximum Gasteiger partial charge on any atom is 0.192 e. The van der Waals surface area contributed by atoms with Crippen LogP contribution in [0, 0.1) is 0 Å². The van der Waals surface area contributed by atoms with Crippen LogP contribution in [0.2, 0.25) is 18.1 Å². The van der Waals surface area contributed by atoms with Crippen LogP contribution in [0.3, 0.4) is 0 Å². The molecule has 2 N–H and O–H groups in total. The van der Waals surface area contributed by atoms with Gasteiger partial charge in [0.25, 0.3) is 0 Å². The van der Waals surface area contributed by atoms with Gasteiger partial charge in [0.05, 0.1) is 6.61 Å². The van der Waals surface area contributed by atoms with Crippen LogP contribution in [-0.4, -0.2) is 13.3 Å². The van der Waals surface area contributed by atoms with Crippen molar-refractivity contribution in [3.05, 3.63) is 23.9 Å². The molecule has 0 aliphatic carbocycles. The van der Waals surface area contributed by atoms with Gasteiger partial charge in [-0.1, -0.05) is 26.8 Å². The van der Waals surface area contributed by atoms with E-state index in [4.69, 9.17) is 10.2 Å². The summed E-state index contributed by atoms with van der Waals surface area (Å²) in [6, 6.07) is 3.78. The lowest BCUT2D eigenvalue weighted by Gasteiger charge is -2.36. The van der Waals surface area contributed by atoms with E-state index in [9.17, 15) is 0 Å². The number of anilines is 1. The van der Waals surface area contributed by atoms with E-state index in [1.54, 1.807) is 6.20 Å². The fourth-order valence-corrected chi connectivity index (χ4v) is 1.96. The molecule has 1 aromatic heterocycles. The number of hydrogen-bond acceptors (Lipinski definition) is 3. The highest BCUT2D eigenvalue weighted by molar-refractivity contribution is 6.74. The normalized spacial score (nSPS) is 12.8. The van der Waals surface area contributed by atoms with Gasteiger partial charge in [0.1, 0.15) is 5.82 Å². The average Bonchev–Trinajstić information content (AvgIpc) is 2.15. The Bertz CT molecular complexity index is 341. The molecule has 1 rings (SSSR count). The lowest BCUT2D eigenvalue weighted by Crippen LogP contribution is -2.40. The van der Waals surface area contributed by atoms with E-state index in [0.29, 0.717) is 12.4 Å². The van der Waals surface area contributed by atoms with Crippen molar-refractivity contribution in [1.82, 2.24) is 4.98 Å². The van der Waals surface area contributed by atoms with Crippen molar-refractivity contribution in [3.63, 3.8) is 0 Å². The molecule has 0 bridgehead atoms. The Kier molecular flexibility index (Phi) is 3.75. The topological polar surface area (TPSA) is 48.1 Å². The molecule has 0 atom stereocenters. The maximum absolute atomic E-state index is 6.08. The minimum Gasteiger partial charge on any atom is -0.413 e. The summed E-state index contributed by atoms with van der Waals surface area (Å²) in [5.41, 5.74) is 6.62. The quantitative estimate of drug-likeness (QED) is 0.823. The van der Waals surface area contributed by atoms with Gasteiger partial charge in [0.15, 0.2) is 8.32 Å². The van der Waals surface area contributed by atoms with Gasteiger partial charge in [-0.3, -0.25) is 0 Å². The van der Waals surface area contributed by atoms with Crippen molar-refractivity contribution >= 4 is 14.1 Å². The van der Waals surface area contributed by atoms with E-state index in [1.165, 1.54) is 0 Å². The van der Waals surface area contributed by atoms with Crippen LogP contribution >= 0.6 is 0 Å². The molecule has 0 aromatic carbocycles. The first kappa shape index (κ1) is 13.2. The first-order valence-electron chi connectivity index (χ1n) is 5.57. The third-order valence-corrected chi connectivity index (χ3v) is 7.73. The maximum atomic E-state index is 6.08. The van der Waals surface area contributed by atoms with Crippen LogP contribution in [0.25, 0.3) is 0 Å². The van der Waals surface area contributed by atoms with Crippen LogP contribution in [0.15, 0.2) is 18.3 Å². The van der Waals surface area contributed by atoms with Crippen LogP contribution in [0.1, 0.15) is 26.3 Å². The lowest BCUT2D eigenvalue weighted by molar-refractivity contribution is 0.276. The molecule has 0 aliphatic heterocycles. The van der Waals surface area contributed by atoms with Gasteiger partial charge in [0.2, 0.25) is 0 Å². The molecule has 4 heteroatoms. The van der Waals surface area contributed by atoms with Gasteiger partial charge >= 0.3 is 0 Å². The molecule has 0 amide bonds. The molecule has 16 heavy (non-hydrogen) atoms. The summed E-state index contributed by atoms with van der Waals surface area (Å²) in [4.78, 5) is 4.06. The SMILES string of the molecule is CC(C)(C)[Si](C)(C)OCc1ccc(N)nc1. The van der Waals surface area contributed by atoms with Crippen molar-refractivity contribution in [2.24, 2.45) is 0 Å². The summed E-state index contributed by atoms with van der Waals surface area (Å²) in [7, 11) is -1.66.